The number of aryl methyl sites for hydroxylation is 1. The highest BCUT2D eigenvalue weighted by Crippen LogP contribution is 2.44. The molecular formula is C22H22O4. The van der Waals surface area contributed by atoms with Gasteiger partial charge in [-0.1, -0.05) is 36.4 Å². The quantitative estimate of drug-likeness (QED) is 0.620. The lowest BCUT2D eigenvalue weighted by atomic mass is 9.71. The van der Waals surface area contributed by atoms with Crippen molar-refractivity contribution >= 4 is 17.5 Å². The molecule has 0 amide bonds. The van der Waals surface area contributed by atoms with Gasteiger partial charge in [-0.2, -0.15) is 0 Å². The summed E-state index contributed by atoms with van der Waals surface area (Å²) in [6.45, 7) is 7.75. The summed E-state index contributed by atoms with van der Waals surface area (Å²) in [5, 5.41) is 0. The first-order valence-corrected chi connectivity index (χ1v) is 8.76. The van der Waals surface area contributed by atoms with Crippen molar-refractivity contribution in [3.8, 4) is 0 Å². The predicted octanol–water partition coefficient (Wildman–Crippen LogP) is 3.88. The van der Waals surface area contributed by atoms with Gasteiger partial charge in [-0.25, -0.2) is 0 Å². The van der Waals surface area contributed by atoms with Crippen molar-refractivity contribution in [2.45, 2.75) is 39.5 Å². The van der Waals surface area contributed by atoms with Crippen molar-refractivity contribution in [1.29, 1.82) is 0 Å². The molecule has 0 bridgehead atoms. The first kappa shape index (κ1) is 18.1. The van der Waals surface area contributed by atoms with Gasteiger partial charge in [0, 0.05) is 11.1 Å². The zero-order valence-corrected chi connectivity index (χ0v) is 15.5. The molecule has 0 atom stereocenters. The number of hydrogen-bond acceptors (Lipinski definition) is 4. The summed E-state index contributed by atoms with van der Waals surface area (Å²) in [7, 11) is 0. The molecule has 0 heterocycles. The Bertz CT molecular complexity index is 889. The number of fused-ring (bicyclic) bond motifs is 1. The van der Waals surface area contributed by atoms with Crippen LogP contribution in [0, 0.1) is 20.8 Å². The average molecular weight is 350 g/mol. The van der Waals surface area contributed by atoms with E-state index in [0.717, 1.165) is 16.7 Å². The van der Waals surface area contributed by atoms with Crippen molar-refractivity contribution in [1.82, 2.24) is 0 Å². The lowest BCUT2D eigenvalue weighted by Crippen LogP contribution is -2.42. The van der Waals surface area contributed by atoms with Gasteiger partial charge in [-0.05, 0) is 49.9 Å². The fourth-order valence-corrected chi connectivity index (χ4v) is 3.79. The second-order valence-corrected chi connectivity index (χ2v) is 6.77. The van der Waals surface area contributed by atoms with E-state index < -0.39 is 11.4 Å². The molecule has 4 heteroatoms. The third kappa shape index (κ3) is 2.48. The molecule has 0 fully saturated rings. The molecule has 2 aromatic rings. The fraction of sp³-hybridized carbons (Fsp3) is 0.318. The Morgan fingerprint density at radius 1 is 0.923 bits per heavy atom. The van der Waals surface area contributed by atoms with Crippen LogP contribution in [-0.2, 0) is 14.9 Å². The van der Waals surface area contributed by atoms with Gasteiger partial charge < -0.3 is 4.74 Å². The zero-order chi connectivity index (χ0) is 19.1. The van der Waals surface area contributed by atoms with Crippen molar-refractivity contribution in [3.63, 3.8) is 0 Å². The van der Waals surface area contributed by atoms with E-state index in [1.165, 1.54) is 0 Å². The van der Waals surface area contributed by atoms with Crippen LogP contribution >= 0.6 is 0 Å². The lowest BCUT2D eigenvalue weighted by Gasteiger charge is -2.28. The normalized spacial score (nSPS) is 15.1. The molecular weight excluding hydrogens is 328 g/mol. The second kappa shape index (κ2) is 6.52. The number of Topliss-reactive ketones (excluding diaryl/α,β-unsaturated/α-hetero) is 2. The third-order valence-electron chi connectivity index (χ3n) is 5.42. The first-order chi connectivity index (χ1) is 12.3. The van der Waals surface area contributed by atoms with Crippen LogP contribution in [0.3, 0.4) is 0 Å². The minimum absolute atomic E-state index is 0.205. The van der Waals surface area contributed by atoms with Crippen LogP contribution in [0.2, 0.25) is 0 Å². The van der Waals surface area contributed by atoms with Crippen molar-refractivity contribution in [2.75, 3.05) is 6.61 Å². The standard InChI is InChI=1S/C22H22O4/c1-5-26-19(23)12-22(18-11-10-13(2)14(3)15(18)4)20(24)16-8-6-7-9-17(16)21(22)25/h6-11H,5,12H2,1-4H3. The summed E-state index contributed by atoms with van der Waals surface area (Å²) in [6, 6.07) is 10.5. The summed E-state index contributed by atoms with van der Waals surface area (Å²) in [6.07, 6.45) is -0.281. The minimum Gasteiger partial charge on any atom is -0.466 e. The molecule has 2 aromatic carbocycles. The number of benzene rings is 2. The van der Waals surface area contributed by atoms with Gasteiger partial charge in [0.05, 0.1) is 13.0 Å². The van der Waals surface area contributed by atoms with Crippen LogP contribution < -0.4 is 0 Å². The minimum atomic E-state index is -1.54. The highest BCUT2D eigenvalue weighted by molar-refractivity contribution is 6.34. The van der Waals surface area contributed by atoms with Gasteiger partial charge in [0.15, 0.2) is 11.6 Å². The van der Waals surface area contributed by atoms with E-state index in [1.807, 2.05) is 26.8 Å². The Hall–Kier alpha value is -2.75. The number of ketones is 2. The van der Waals surface area contributed by atoms with Crippen LogP contribution in [0.15, 0.2) is 36.4 Å². The molecule has 26 heavy (non-hydrogen) atoms. The van der Waals surface area contributed by atoms with Gasteiger partial charge in [-0.3, -0.25) is 14.4 Å². The Morgan fingerprint density at radius 3 is 2.04 bits per heavy atom. The van der Waals surface area contributed by atoms with Crippen molar-refractivity contribution < 1.29 is 19.1 Å². The smallest absolute Gasteiger partial charge is 0.307 e. The van der Waals surface area contributed by atoms with Crippen LogP contribution in [0.4, 0.5) is 0 Å². The molecule has 1 aliphatic carbocycles. The summed E-state index contributed by atoms with van der Waals surface area (Å²) >= 11 is 0. The maximum absolute atomic E-state index is 13.4. The summed E-state index contributed by atoms with van der Waals surface area (Å²) in [5.74, 6) is -1.19. The first-order valence-electron chi connectivity index (χ1n) is 8.76. The molecule has 0 radical (unpaired) electrons. The third-order valence-corrected chi connectivity index (χ3v) is 5.42. The Labute approximate surface area is 153 Å². The van der Waals surface area contributed by atoms with E-state index in [2.05, 4.69) is 0 Å². The topological polar surface area (TPSA) is 60.4 Å². The number of hydrogen-bond donors (Lipinski definition) is 0. The molecule has 0 saturated carbocycles. The number of carbonyl (C=O) groups is 3. The van der Waals surface area contributed by atoms with E-state index in [1.54, 1.807) is 37.3 Å². The Morgan fingerprint density at radius 2 is 1.50 bits per heavy atom. The molecule has 1 aliphatic rings. The van der Waals surface area contributed by atoms with Gasteiger partial charge in [-0.15, -0.1) is 0 Å². The maximum atomic E-state index is 13.4. The SMILES string of the molecule is CCOC(=O)CC1(c2ccc(C)c(C)c2C)C(=O)c2ccccc2C1=O. The van der Waals surface area contributed by atoms with Crippen LogP contribution in [0.1, 0.15) is 56.3 Å². The summed E-state index contributed by atoms with van der Waals surface area (Å²) in [4.78, 5) is 39.1. The molecule has 0 saturated heterocycles. The number of ether oxygens (including phenoxy) is 1. The highest BCUT2D eigenvalue weighted by atomic mass is 16.5. The lowest BCUT2D eigenvalue weighted by molar-refractivity contribution is -0.143. The Balaban J connectivity index is 2.27. The molecule has 0 aromatic heterocycles. The van der Waals surface area contributed by atoms with Crippen LogP contribution in [0.25, 0.3) is 0 Å². The van der Waals surface area contributed by atoms with E-state index in [-0.39, 0.29) is 24.6 Å². The van der Waals surface area contributed by atoms with E-state index >= 15 is 0 Å². The fourth-order valence-electron chi connectivity index (χ4n) is 3.79. The van der Waals surface area contributed by atoms with E-state index in [0.29, 0.717) is 16.7 Å². The number of esters is 1. The van der Waals surface area contributed by atoms with Crippen LogP contribution in [0.5, 0.6) is 0 Å². The summed E-state index contributed by atoms with van der Waals surface area (Å²) < 4.78 is 5.10. The molecule has 0 unspecified atom stereocenters. The average Bonchev–Trinajstić information content (AvgIpc) is 2.83. The van der Waals surface area contributed by atoms with Gasteiger partial charge in [0.25, 0.3) is 0 Å². The zero-order valence-electron chi connectivity index (χ0n) is 15.5. The van der Waals surface area contributed by atoms with Crippen molar-refractivity contribution in [3.05, 3.63) is 69.8 Å². The van der Waals surface area contributed by atoms with Crippen LogP contribution in [-0.4, -0.2) is 24.1 Å². The second-order valence-electron chi connectivity index (χ2n) is 6.77. The molecule has 4 nitrogen and oxygen atoms in total. The Kier molecular flexibility index (Phi) is 4.53. The van der Waals surface area contributed by atoms with Gasteiger partial charge in [0.2, 0.25) is 0 Å². The molecule has 0 spiro atoms. The van der Waals surface area contributed by atoms with Gasteiger partial charge >= 0.3 is 5.97 Å². The van der Waals surface area contributed by atoms with E-state index in [4.69, 9.17) is 4.74 Å². The molecule has 3 rings (SSSR count). The predicted molar refractivity (Wildman–Crippen MR) is 98.7 cm³/mol. The molecule has 0 aliphatic heterocycles. The largest absolute Gasteiger partial charge is 0.466 e. The highest BCUT2D eigenvalue weighted by Gasteiger charge is 2.56. The summed E-state index contributed by atoms with van der Waals surface area (Å²) in [5.41, 5.74) is 2.76. The van der Waals surface area contributed by atoms with E-state index in [9.17, 15) is 14.4 Å². The maximum Gasteiger partial charge on any atom is 0.307 e. The number of rotatable bonds is 4. The molecule has 0 N–H and O–H groups in total. The monoisotopic (exact) mass is 350 g/mol. The van der Waals surface area contributed by atoms with Crippen molar-refractivity contribution in [2.24, 2.45) is 0 Å². The number of carbonyl (C=O) groups excluding carboxylic acids is 3. The molecule has 134 valence electrons. The van der Waals surface area contributed by atoms with Gasteiger partial charge in [0.1, 0.15) is 5.41 Å².